The highest BCUT2D eigenvalue weighted by atomic mass is 32.2. The Hall–Kier alpha value is -2.75. The van der Waals surface area contributed by atoms with Crippen molar-refractivity contribution in [3.63, 3.8) is 0 Å². The van der Waals surface area contributed by atoms with E-state index < -0.39 is 16.9 Å². The maximum Gasteiger partial charge on any atom is 0.234 e. The van der Waals surface area contributed by atoms with E-state index in [1.807, 2.05) is 34.6 Å². The molecule has 3 aromatic rings. The summed E-state index contributed by atoms with van der Waals surface area (Å²) >= 11 is 0. The lowest BCUT2D eigenvalue weighted by molar-refractivity contribution is -0.134. The van der Waals surface area contributed by atoms with Crippen molar-refractivity contribution in [3.05, 3.63) is 42.2 Å². The molecule has 2 aliphatic rings. The van der Waals surface area contributed by atoms with Crippen molar-refractivity contribution in [2.24, 2.45) is 0 Å². The van der Waals surface area contributed by atoms with Crippen LogP contribution in [0.5, 0.6) is 5.75 Å². The average Bonchev–Trinajstić information content (AvgIpc) is 3.23. The van der Waals surface area contributed by atoms with Gasteiger partial charge in [0, 0.05) is 56.4 Å². The SMILES string of the molecule is CS(=O)N1CCN(CCOc2ccc3c(ccc4occ([C@H]5CCC(=O)NC5=O)c43)c2)CC1. The molecule has 174 valence electrons. The molecule has 2 aliphatic heterocycles. The Morgan fingerprint density at radius 2 is 1.97 bits per heavy atom. The van der Waals surface area contributed by atoms with Crippen molar-refractivity contribution in [1.82, 2.24) is 14.5 Å². The topological polar surface area (TPSA) is 92.1 Å². The van der Waals surface area contributed by atoms with Crippen LogP contribution in [0.4, 0.5) is 0 Å². The van der Waals surface area contributed by atoms with E-state index in [-0.39, 0.29) is 11.8 Å². The lowest BCUT2D eigenvalue weighted by atomic mass is 9.89. The van der Waals surface area contributed by atoms with Gasteiger partial charge in [-0.05, 0) is 41.5 Å². The molecule has 8 nitrogen and oxygen atoms in total. The molecule has 33 heavy (non-hydrogen) atoms. The van der Waals surface area contributed by atoms with Gasteiger partial charge in [-0.25, -0.2) is 8.51 Å². The van der Waals surface area contributed by atoms with E-state index >= 15 is 0 Å². The van der Waals surface area contributed by atoms with Gasteiger partial charge >= 0.3 is 0 Å². The van der Waals surface area contributed by atoms with Gasteiger partial charge in [0.15, 0.2) is 0 Å². The van der Waals surface area contributed by atoms with Crippen molar-refractivity contribution in [2.75, 3.05) is 45.6 Å². The minimum Gasteiger partial charge on any atom is -0.492 e. The third-order valence-electron chi connectivity index (χ3n) is 6.54. The molecule has 5 rings (SSSR count). The zero-order chi connectivity index (χ0) is 22.9. The Bertz CT molecular complexity index is 1230. The smallest absolute Gasteiger partial charge is 0.234 e. The number of piperazine rings is 1. The molecule has 0 saturated carbocycles. The standard InChI is InChI=1S/C24H27N3O5S/c1-33(30)27-10-8-26(9-11-27)12-13-31-17-3-4-18-16(14-17)2-6-21-23(18)20(15-32-21)19-5-7-22(28)25-24(19)29/h2-4,6,14-15,19H,5,7-13H2,1H3,(H,25,28,29)/t19-,33?/m1/s1. The van der Waals surface area contributed by atoms with Crippen LogP contribution in [0.1, 0.15) is 24.3 Å². The minimum absolute atomic E-state index is 0.224. The Kier molecular flexibility index (Phi) is 6.18. The number of nitrogens with zero attached hydrogens (tertiary/aromatic N) is 2. The van der Waals surface area contributed by atoms with Gasteiger partial charge in [0.1, 0.15) is 17.9 Å². The molecule has 0 bridgehead atoms. The molecule has 9 heteroatoms. The van der Waals surface area contributed by atoms with Crippen molar-refractivity contribution in [1.29, 1.82) is 0 Å². The van der Waals surface area contributed by atoms with Crippen LogP contribution >= 0.6 is 0 Å². The first-order valence-corrected chi connectivity index (χ1v) is 12.7. The number of benzene rings is 2. The Morgan fingerprint density at radius 3 is 2.73 bits per heavy atom. The van der Waals surface area contributed by atoms with Gasteiger partial charge in [0.05, 0.1) is 23.2 Å². The molecule has 0 aliphatic carbocycles. The molecular weight excluding hydrogens is 442 g/mol. The van der Waals surface area contributed by atoms with Crippen LogP contribution in [0.15, 0.2) is 41.0 Å². The zero-order valence-electron chi connectivity index (χ0n) is 18.5. The third kappa shape index (κ3) is 4.53. The van der Waals surface area contributed by atoms with E-state index in [4.69, 9.17) is 9.15 Å². The first kappa shape index (κ1) is 22.1. The Morgan fingerprint density at radius 1 is 1.15 bits per heavy atom. The van der Waals surface area contributed by atoms with Crippen LogP contribution in [0.2, 0.25) is 0 Å². The predicted octanol–water partition coefficient (Wildman–Crippen LogP) is 2.40. The summed E-state index contributed by atoms with van der Waals surface area (Å²) in [5.41, 5.74) is 1.55. The number of ether oxygens (including phenoxy) is 1. The second-order valence-corrected chi connectivity index (χ2v) is 9.92. The number of hydrogen-bond acceptors (Lipinski definition) is 6. The van der Waals surface area contributed by atoms with Crippen LogP contribution in [0.25, 0.3) is 21.7 Å². The van der Waals surface area contributed by atoms with Gasteiger partial charge in [-0.1, -0.05) is 6.07 Å². The maximum atomic E-state index is 12.4. The lowest BCUT2D eigenvalue weighted by Gasteiger charge is -2.32. The molecule has 1 unspecified atom stereocenters. The van der Waals surface area contributed by atoms with Crippen molar-refractivity contribution >= 4 is 44.5 Å². The van der Waals surface area contributed by atoms with Gasteiger partial charge in [-0.2, -0.15) is 0 Å². The van der Waals surface area contributed by atoms with Crippen LogP contribution in [0.3, 0.4) is 0 Å². The summed E-state index contributed by atoms with van der Waals surface area (Å²) < 4.78 is 25.3. The number of furan rings is 1. The normalized spacial score (nSPS) is 21.4. The summed E-state index contributed by atoms with van der Waals surface area (Å²) in [6.07, 6.45) is 4.18. The van der Waals surface area contributed by atoms with Gasteiger partial charge in [0.2, 0.25) is 11.8 Å². The monoisotopic (exact) mass is 469 g/mol. The fraction of sp³-hybridized carbons (Fsp3) is 0.417. The molecule has 0 spiro atoms. The molecule has 3 heterocycles. The van der Waals surface area contributed by atoms with Crippen molar-refractivity contribution in [3.8, 4) is 5.75 Å². The average molecular weight is 470 g/mol. The molecule has 2 fully saturated rings. The number of fused-ring (bicyclic) bond motifs is 3. The Labute approximate surface area is 194 Å². The lowest BCUT2D eigenvalue weighted by Crippen LogP contribution is -2.47. The molecule has 1 aromatic heterocycles. The fourth-order valence-corrected chi connectivity index (χ4v) is 5.39. The van der Waals surface area contributed by atoms with Crippen LogP contribution < -0.4 is 10.1 Å². The summed E-state index contributed by atoms with van der Waals surface area (Å²) in [6, 6.07) is 9.86. The minimum atomic E-state index is -0.899. The van der Waals surface area contributed by atoms with Crippen LogP contribution in [0, 0.1) is 0 Å². The molecular formula is C24H27N3O5S. The summed E-state index contributed by atoms with van der Waals surface area (Å²) in [5, 5.41) is 5.36. The maximum absolute atomic E-state index is 12.4. The number of carbonyl (C=O) groups excluding carboxylic acids is 2. The van der Waals surface area contributed by atoms with E-state index in [9.17, 15) is 13.8 Å². The second-order valence-electron chi connectivity index (χ2n) is 8.56. The summed E-state index contributed by atoms with van der Waals surface area (Å²) in [6.45, 7) is 4.81. The largest absolute Gasteiger partial charge is 0.492 e. The van der Waals surface area contributed by atoms with E-state index in [1.165, 1.54) is 0 Å². The summed E-state index contributed by atoms with van der Waals surface area (Å²) in [5.74, 6) is -0.0906. The molecule has 2 atom stereocenters. The molecule has 0 radical (unpaired) electrons. The summed E-state index contributed by atoms with van der Waals surface area (Å²) in [7, 11) is -0.899. The fourth-order valence-electron chi connectivity index (χ4n) is 4.71. The zero-order valence-corrected chi connectivity index (χ0v) is 19.4. The third-order valence-corrected chi connectivity index (χ3v) is 7.63. The second kappa shape index (κ2) is 9.24. The van der Waals surface area contributed by atoms with Crippen molar-refractivity contribution < 1.29 is 23.0 Å². The number of imide groups is 1. The Balaban J connectivity index is 1.30. The number of hydrogen-bond donors (Lipinski definition) is 1. The molecule has 2 aromatic carbocycles. The van der Waals surface area contributed by atoms with Gasteiger partial charge in [0.25, 0.3) is 0 Å². The predicted molar refractivity (Wildman–Crippen MR) is 126 cm³/mol. The highest BCUT2D eigenvalue weighted by Crippen LogP contribution is 2.37. The molecule has 2 saturated heterocycles. The molecule has 1 N–H and O–H groups in total. The van der Waals surface area contributed by atoms with Gasteiger partial charge < -0.3 is 9.15 Å². The first-order chi connectivity index (χ1) is 16.0. The number of amides is 2. The highest BCUT2D eigenvalue weighted by Gasteiger charge is 2.31. The van der Waals surface area contributed by atoms with Gasteiger partial charge in [-0.15, -0.1) is 0 Å². The summed E-state index contributed by atoms with van der Waals surface area (Å²) in [4.78, 5) is 26.3. The highest BCUT2D eigenvalue weighted by molar-refractivity contribution is 7.81. The van der Waals surface area contributed by atoms with E-state index in [2.05, 4.69) is 10.2 Å². The van der Waals surface area contributed by atoms with Crippen molar-refractivity contribution in [2.45, 2.75) is 18.8 Å². The number of nitrogens with one attached hydrogen (secondary N) is 1. The van der Waals surface area contributed by atoms with Gasteiger partial charge in [-0.3, -0.25) is 19.8 Å². The quantitative estimate of drug-likeness (QED) is 0.558. The number of rotatable bonds is 6. The van der Waals surface area contributed by atoms with Crippen LogP contribution in [-0.4, -0.2) is 70.8 Å². The van der Waals surface area contributed by atoms with E-state index in [1.54, 1.807) is 12.5 Å². The number of carbonyl (C=O) groups is 2. The van der Waals surface area contributed by atoms with Crippen LogP contribution in [-0.2, 0) is 20.6 Å². The first-order valence-electron chi connectivity index (χ1n) is 11.2. The van der Waals surface area contributed by atoms with E-state index in [0.717, 1.165) is 65.8 Å². The molecule has 2 amide bonds. The van der Waals surface area contributed by atoms with E-state index in [0.29, 0.717) is 19.4 Å². The number of piperidine rings is 1.